The minimum Gasteiger partial charge on any atom is -0.468 e. The van der Waals surface area contributed by atoms with Crippen LogP contribution in [-0.2, 0) is 21.5 Å². The Morgan fingerprint density at radius 2 is 1.88 bits per heavy atom. The minimum absolute atomic E-state index is 0.0387. The molecule has 0 fully saturated rings. The fraction of sp³-hybridized carbons (Fsp3) is 0.412. The first-order valence-corrected chi connectivity index (χ1v) is 8.69. The molecule has 0 spiro atoms. The summed E-state index contributed by atoms with van der Waals surface area (Å²) in [5.74, 6) is -0.240. The molecule has 1 aromatic carbocycles. The van der Waals surface area contributed by atoms with E-state index in [0.29, 0.717) is 5.56 Å². The van der Waals surface area contributed by atoms with Crippen LogP contribution in [0, 0.1) is 0 Å². The molecule has 134 valence electrons. The molecule has 7 nitrogen and oxygen atoms in total. The number of nitrogens with zero attached hydrogens (tertiary/aromatic N) is 2. The Morgan fingerprint density at radius 3 is 2.48 bits per heavy atom. The number of hydrogen-bond donors (Lipinski definition) is 1. The van der Waals surface area contributed by atoms with Crippen LogP contribution in [0.15, 0.2) is 33.9 Å². The molecule has 0 aliphatic heterocycles. The molecule has 2 aromatic rings. The Labute approximate surface area is 150 Å². The van der Waals surface area contributed by atoms with E-state index in [9.17, 15) is 9.59 Å². The van der Waals surface area contributed by atoms with Gasteiger partial charge in [0.15, 0.2) is 0 Å². The summed E-state index contributed by atoms with van der Waals surface area (Å²) in [5.41, 5.74) is 1.76. The fourth-order valence-electron chi connectivity index (χ4n) is 1.93. The maximum absolute atomic E-state index is 12.2. The molecule has 8 heteroatoms. The molecule has 0 aliphatic rings. The lowest BCUT2D eigenvalue weighted by atomic mass is 9.87. The number of hydrogen-bond acceptors (Lipinski definition) is 7. The molecular formula is C17H21N3O4S. The van der Waals surface area contributed by atoms with Gasteiger partial charge in [-0.15, -0.1) is 10.2 Å². The molecule has 0 radical (unpaired) electrons. The molecule has 1 N–H and O–H groups in total. The van der Waals surface area contributed by atoms with Gasteiger partial charge in [0.05, 0.1) is 13.7 Å². The minimum atomic E-state index is -0.378. The van der Waals surface area contributed by atoms with Crippen LogP contribution in [0.3, 0.4) is 0 Å². The van der Waals surface area contributed by atoms with Crippen LogP contribution in [0.25, 0.3) is 0 Å². The molecule has 0 saturated heterocycles. The van der Waals surface area contributed by atoms with E-state index >= 15 is 0 Å². The Hall–Kier alpha value is -2.35. The van der Waals surface area contributed by atoms with Crippen molar-refractivity contribution in [1.82, 2.24) is 15.5 Å². The number of nitrogens with one attached hydrogen (secondary N) is 1. The third kappa shape index (κ3) is 5.60. The highest BCUT2D eigenvalue weighted by atomic mass is 32.2. The zero-order valence-corrected chi connectivity index (χ0v) is 15.5. The van der Waals surface area contributed by atoms with Gasteiger partial charge in [-0.1, -0.05) is 44.7 Å². The number of methoxy groups -OCH3 is 1. The maximum Gasteiger partial charge on any atom is 0.316 e. The molecule has 0 saturated carbocycles. The Balaban J connectivity index is 1.87. The lowest BCUT2D eigenvalue weighted by Gasteiger charge is -2.18. The van der Waals surface area contributed by atoms with Gasteiger partial charge in [0.2, 0.25) is 5.89 Å². The van der Waals surface area contributed by atoms with Crippen LogP contribution in [-0.4, -0.2) is 34.9 Å². The van der Waals surface area contributed by atoms with E-state index in [4.69, 9.17) is 4.42 Å². The van der Waals surface area contributed by atoms with Gasteiger partial charge in [0, 0.05) is 5.56 Å². The number of rotatable bonds is 6. The normalized spacial score (nSPS) is 11.2. The molecule has 25 heavy (non-hydrogen) atoms. The summed E-state index contributed by atoms with van der Waals surface area (Å²) in [4.78, 5) is 23.2. The highest BCUT2D eigenvalue weighted by molar-refractivity contribution is 7.99. The molecule has 0 aliphatic carbocycles. The van der Waals surface area contributed by atoms with E-state index in [1.54, 1.807) is 12.1 Å². The third-order valence-corrected chi connectivity index (χ3v) is 4.19. The molecule has 0 unspecified atom stereocenters. The van der Waals surface area contributed by atoms with Gasteiger partial charge in [-0.2, -0.15) is 0 Å². The zero-order valence-electron chi connectivity index (χ0n) is 14.7. The number of ether oxygens (including phenoxy) is 1. The van der Waals surface area contributed by atoms with Gasteiger partial charge in [0.1, 0.15) is 5.75 Å². The van der Waals surface area contributed by atoms with Crippen LogP contribution >= 0.6 is 11.8 Å². The number of carbonyl (C=O) groups excluding carboxylic acids is 2. The first-order valence-electron chi connectivity index (χ1n) is 7.70. The second-order valence-corrected chi connectivity index (χ2v) is 7.26. The van der Waals surface area contributed by atoms with Crippen molar-refractivity contribution in [2.45, 2.75) is 38.0 Å². The quantitative estimate of drug-likeness (QED) is 0.622. The number of aromatic nitrogens is 2. The van der Waals surface area contributed by atoms with Crippen molar-refractivity contribution in [2.24, 2.45) is 0 Å². The first-order chi connectivity index (χ1) is 11.8. The van der Waals surface area contributed by atoms with Crippen molar-refractivity contribution in [2.75, 3.05) is 12.9 Å². The van der Waals surface area contributed by atoms with Gasteiger partial charge in [-0.05, 0) is 23.1 Å². The van der Waals surface area contributed by atoms with Crippen molar-refractivity contribution in [1.29, 1.82) is 0 Å². The lowest BCUT2D eigenvalue weighted by molar-refractivity contribution is -0.137. The average Bonchev–Trinajstić information content (AvgIpc) is 3.04. The van der Waals surface area contributed by atoms with E-state index in [0.717, 1.165) is 17.3 Å². The number of amides is 1. The standard InChI is InChI=1S/C17H21N3O4S/c1-17(2,3)12-7-5-11(6-8-12)15(22)18-9-13-19-20-16(24-13)25-10-14(21)23-4/h5-8H,9-10H2,1-4H3,(H,18,22). The summed E-state index contributed by atoms with van der Waals surface area (Å²) >= 11 is 1.08. The topological polar surface area (TPSA) is 94.3 Å². The molecule has 1 aromatic heterocycles. The van der Waals surface area contributed by atoms with Gasteiger partial charge in [-0.25, -0.2) is 0 Å². The molecule has 1 amide bonds. The molecule has 0 bridgehead atoms. The Kier molecular flexibility index (Phi) is 6.19. The molecule has 0 atom stereocenters. The van der Waals surface area contributed by atoms with Crippen LogP contribution < -0.4 is 5.32 Å². The first kappa shape index (κ1) is 19.0. The van der Waals surface area contributed by atoms with Crippen LogP contribution in [0.1, 0.15) is 42.6 Å². The van der Waals surface area contributed by atoms with Crippen LogP contribution in [0.4, 0.5) is 0 Å². The van der Waals surface area contributed by atoms with E-state index in [2.05, 4.69) is 41.0 Å². The number of thioether (sulfide) groups is 1. The van der Waals surface area contributed by atoms with Crippen LogP contribution in [0.5, 0.6) is 0 Å². The SMILES string of the molecule is COC(=O)CSc1nnc(CNC(=O)c2ccc(C(C)(C)C)cc2)o1. The number of esters is 1. The summed E-state index contributed by atoms with van der Waals surface area (Å²) in [6.45, 7) is 6.47. The largest absolute Gasteiger partial charge is 0.468 e. The highest BCUT2D eigenvalue weighted by Gasteiger charge is 2.15. The number of benzene rings is 1. The maximum atomic E-state index is 12.2. The fourth-order valence-corrected chi connectivity index (χ4v) is 2.54. The van der Waals surface area contributed by atoms with Crippen LogP contribution in [0.2, 0.25) is 0 Å². The number of carbonyl (C=O) groups is 2. The monoisotopic (exact) mass is 363 g/mol. The molecule has 2 rings (SSSR count). The van der Waals surface area contributed by atoms with Gasteiger partial charge in [0.25, 0.3) is 11.1 Å². The van der Waals surface area contributed by atoms with Gasteiger partial charge >= 0.3 is 5.97 Å². The van der Waals surface area contributed by atoms with Crippen molar-refractivity contribution >= 4 is 23.6 Å². The Bertz CT molecular complexity index is 735. The predicted octanol–water partition coefficient (Wildman–Crippen LogP) is 2.56. The van der Waals surface area contributed by atoms with E-state index in [-0.39, 0.29) is 40.7 Å². The van der Waals surface area contributed by atoms with Gasteiger partial charge < -0.3 is 14.5 Å². The third-order valence-electron chi connectivity index (χ3n) is 3.40. The van der Waals surface area contributed by atoms with Crippen molar-refractivity contribution in [3.05, 3.63) is 41.3 Å². The molecular weight excluding hydrogens is 342 g/mol. The second-order valence-electron chi connectivity index (χ2n) is 6.34. The summed E-state index contributed by atoms with van der Waals surface area (Å²) in [5, 5.41) is 10.6. The van der Waals surface area contributed by atoms with E-state index in [1.165, 1.54) is 7.11 Å². The van der Waals surface area contributed by atoms with Crippen molar-refractivity contribution in [3.63, 3.8) is 0 Å². The summed E-state index contributed by atoms with van der Waals surface area (Å²) in [7, 11) is 1.31. The lowest BCUT2D eigenvalue weighted by Crippen LogP contribution is -2.23. The zero-order chi connectivity index (χ0) is 18.4. The highest BCUT2D eigenvalue weighted by Crippen LogP contribution is 2.22. The smallest absolute Gasteiger partial charge is 0.316 e. The summed E-state index contributed by atoms with van der Waals surface area (Å²) in [6, 6.07) is 7.48. The Morgan fingerprint density at radius 1 is 1.20 bits per heavy atom. The van der Waals surface area contributed by atoms with E-state index in [1.807, 2.05) is 12.1 Å². The average molecular weight is 363 g/mol. The second kappa shape index (κ2) is 8.15. The van der Waals surface area contributed by atoms with Gasteiger partial charge in [-0.3, -0.25) is 9.59 Å². The van der Waals surface area contributed by atoms with E-state index < -0.39 is 0 Å². The van der Waals surface area contributed by atoms with Crippen molar-refractivity contribution in [3.8, 4) is 0 Å². The summed E-state index contributed by atoms with van der Waals surface area (Å²) < 4.78 is 9.88. The summed E-state index contributed by atoms with van der Waals surface area (Å²) in [6.07, 6.45) is 0. The molecule has 1 heterocycles. The van der Waals surface area contributed by atoms with Crippen molar-refractivity contribution < 1.29 is 18.7 Å². The predicted molar refractivity (Wildman–Crippen MR) is 93.4 cm³/mol.